The number of carbonyl (C=O) groups is 1. The summed E-state index contributed by atoms with van der Waals surface area (Å²) in [6.45, 7) is 3.21. The second kappa shape index (κ2) is 6.14. The van der Waals surface area contributed by atoms with Crippen molar-refractivity contribution in [3.63, 3.8) is 0 Å². The van der Waals surface area contributed by atoms with Gasteiger partial charge in [-0.25, -0.2) is 4.98 Å². The topological polar surface area (TPSA) is 59.4 Å². The standard InChI is InChI=1S/C14H12Cl2INO3/c1-14(2,13(19)20)6-21-12-9(17)5-8(15)7-3-4-10(16)18-11(7)12/h3-5H,6H2,1-2H3,(H,19,20). The molecule has 4 nitrogen and oxygen atoms in total. The van der Waals surface area contributed by atoms with E-state index in [4.69, 9.17) is 33.0 Å². The highest BCUT2D eigenvalue weighted by molar-refractivity contribution is 14.1. The molecule has 0 amide bonds. The number of nitrogens with zero attached hydrogens (tertiary/aromatic N) is 1. The summed E-state index contributed by atoms with van der Waals surface area (Å²) in [7, 11) is 0. The molecule has 0 atom stereocenters. The average molecular weight is 440 g/mol. The fourth-order valence-electron chi connectivity index (χ4n) is 1.62. The number of benzene rings is 1. The minimum Gasteiger partial charge on any atom is -0.489 e. The second-order valence-corrected chi connectivity index (χ2v) is 7.13. The minimum atomic E-state index is -1.01. The first-order chi connectivity index (χ1) is 9.72. The van der Waals surface area contributed by atoms with Crippen LogP contribution in [-0.4, -0.2) is 22.7 Å². The number of fused-ring (bicyclic) bond motifs is 1. The van der Waals surface area contributed by atoms with Crippen molar-refractivity contribution in [2.24, 2.45) is 5.41 Å². The van der Waals surface area contributed by atoms with Gasteiger partial charge in [0.2, 0.25) is 0 Å². The summed E-state index contributed by atoms with van der Waals surface area (Å²) >= 11 is 14.2. The predicted molar refractivity (Wildman–Crippen MR) is 91.4 cm³/mol. The van der Waals surface area contributed by atoms with E-state index in [9.17, 15) is 4.79 Å². The molecular formula is C14H12Cl2INO3. The Labute approximate surface area is 145 Å². The molecule has 7 heteroatoms. The second-order valence-electron chi connectivity index (χ2n) is 5.18. The molecule has 0 fully saturated rings. The van der Waals surface area contributed by atoms with E-state index < -0.39 is 11.4 Å². The van der Waals surface area contributed by atoms with Gasteiger partial charge < -0.3 is 9.84 Å². The average Bonchev–Trinajstić information content (AvgIpc) is 2.37. The van der Waals surface area contributed by atoms with Gasteiger partial charge in [0.25, 0.3) is 0 Å². The molecule has 0 aliphatic carbocycles. The van der Waals surface area contributed by atoms with E-state index in [1.807, 2.05) is 0 Å². The SMILES string of the molecule is CC(C)(COc1c(I)cc(Cl)c2ccc(Cl)nc12)C(=O)O. The quantitative estimate of drug-likeness (QED) is 0.557. The van der Waals surface area contributed by atoms with Crippen molar-refractivity contribution in [3.05, 3.63) is 31.9 Å². The summed E-state index contributed by atoms with van der Waals surface area (Å²) < 4.78 is 6.47. The van der Waals surface area contributed by atoms with Crippen molar-refractivity contribution in [2.75, 3.05) is 6.61 Å². The molecule has 0 saturated carbocycles. The van der Waals surface area contributed by atoms with Crippen molar-refractivity contribution in [2.45, 2.75) is 13.8 Å². The highest BCUT2D eigenvalue weighted by Gasteiger charge is 2.29. The van der Waals surface area contributed by atoms with Crippen molar-refractivity contribution in [1.29, 1.82) is 0 Å². The number of halogens is 3. The van der Waals surface area contributed by atoms with Crippen LogP contribution in [0.2, 0.25) is 10.2 Å². The highest BCUT2D eigenvalue weighted by atomic mass is 127. The zero-order valence-electron chi connectivity index (χ0n) is 11.3. The van der Waals surface area contributed by atoms with Crippen molar-refractivity contribution in [1.82, 2.24) is 4.98 Å². The Hall–Kier alpha value is -0.790. The fourth-order valence-corrected chi connectivity index (χ4v) is 2.94. The monoisotopic (exact) mass is 439 g/mol. The number of rotatable bonds is 4. The Bertz CT molecular complexity index is 719. The molecule has 0 aliphatic heterocycles. The number of aliphatic carboxylic acids is 1. The Morgan fingerprint density at radius 1 is 1.43 bits per heavy atom. The Morgan fingerprint density at radius 2 is 2.10 bits per heavy atom. The third kappa shape index (κ3) is 3.52. The van der Waals surface area contributed by atoms with Crippen LogP contribution in [0.4, 0.5) is 0 Å². The molecule has 21 heavy (non-hydrogen) atoms. The molecule has 1 heterocycles. The van der Waals surface area contributed by atoms with Gasteiger partial charge in [-0.15, -0.1) is 0 Å². The predicted octanol–water partition coefficient (Wildman–Crippen LogP) is 4.64. The molecule has 0 saturated heterocycles. The van der Waals surface area contributed by atoms with Gasteiger partial charge in [0.15, 0.2) is 5.75 Å². The van der Waals surface area contributed by atoms with Crippen LogP contribution in [0.5, 0.6) is 5.75 Å². The van der Waals surface area contributed by atoms with Crippen LogP contribution in [-0.2, 0) is 4.79 Å². The molecule has 0 bridgehead atoms. The van der Waals surface area contributed by atoms with Gasteiger partial charge >= 0.3 is 5.97 Å². The number of hydrogen-bond donors (Lipinski definition) is 1. The van der Waals surface area contributed by atoms with Gasteiger partial charge in [0.05, 0.1) is 14.0 Å². The first kappa shape index (κ1) is 16.6. The summed E-state index contributed by atoms with van der Waals surface area (Å²) in [5.41, 5.74) is -0.478. The zero-order valence-corrected chi connectivity index (χ0v) is 15.0. The lowest BCUT2D eigenvalue weighted by Gasteiger charge is -2.21. The third-order valence-corrected chi connectivity index (χ3v) is 4.28. The molecular weight excluding hydrogens is 428 g/mol. The van der Waals surface area contributed by atoms with Crippen molar-refractivity contribution in [3.8, 4) is 5.75 Å². The molecule has 112 valence electrons. The smallest absolute Gasteiger partial charge is 0.312 e. The molecule has 1 aromatic heterocycles. The molecule has 0 spiro atoms. The van der Waals surface area contributed by atoms with Crippen molar-refractivity contribution >= 4 is 62.7 Å². The van der Waals surface area contributed by atoms with Gasteiger partial charge in [-0.1, -0.05) is 23.2 Å². The van der Waals surface area contributed by atoms with E-state index in [2.05, 4.69) is 27.6 Å². The first-order valence-electron chi connectivity index (χ1n) is 6.03. The van der Waals surface area contributed by atoms with E-state index in [-0.39, 0.29) is 6.61 Å². The molecule has 2 rings (SSSR count). The van der Waals surface area contributed by atoms with Gasteiger partial charge in [0, 0.05) is 5.39 Å². The molecule has 2 aromatic rings. The summed E-state index contributed by atoms with van der Waals surface area (Å²) in [6, 6.07) is 5.16. The highest BCUT2D eigenvalue weighted by Crippen LogP contribution is 2.36. The lowest BCUT2D eigenvalue weighted by atomic mass is 9.95. The van der Waals surface area contributed by atoms with E-state index in [0.29, 0.717) is 26.8 Å². The van der Waals surface area contributed by atoms with E-state index >= 15 is 0 Å². The lowest BCUT2D eigenvalue weighted by Crippen LogP contribution is -2.30. The number of hydrogen-bond acceptors (Lipinski definition) is 3. The van der Waals surface area contributed by atoms with Crippen LogP contribution >= 0.6 is 45.8 Å². The third-order valence-electron chi connectivity index (χ3n) is 2.96. The van der Waals surface area contributed by atoms with Crippen LogP contribution in [0.15, 0.2) is 18.2 Å². The number of aromatic nitrogens is 1. The molecule has 1 aromatic carbocycles. The largest absolute Gasteiger partial charge is 0.489 e. The fraction of sp³-hybridized carbons (Fsp3) is 0.286. The van der Waals surface area contributed by atoms with Crippen molar-refractivity contribution < 1.29 is 14.6 Å². The molecule has 1 N–H and O–H groups in total. The lowest BCUT2D eigenvalue weighted by molar-refractivity contribution is -0.148. The normalized spacial score (nSPS) is 11.7. The number of ether oxygens (including phenoxy) is 1. The van der Waals surface area contributed by atoms with E-state index in [0.717, 1.165) is 3.57 Å². The van der Waals surface area contributed by atoms with Crippen LogP contribution in [0, 0.1) is 8.99 Å². The maximum absolute atomic E-state index is 11.2. The summed E-state index contributed by atoms with van der Waals surface area (Å²) in [4.78, 5) is 15.4. The van der Waals surface area contributed by atoms with Crippen LogP contribution < -0.4 is 4.74 Å². The van der Waals surface area contributed by atoms with Gasteiger partial charge in [-0.2, -0.15) is 0 Å². The minimum absolute atomic E-state index is 0.0171. The summed E-state index contributed by atoms with van der Waals surface area (Å²) in [5.74, 6) is -0.436. The molecule has 0 radical (unpaired) electrons. The first-order valence-corrected chi connectivity index (χ1v) is 7.86. The number of pyridine rings is 1. The maximum Gasteiger partial charge on any atom is 0.312 e. The van der Waals surface area contributed by atoms with Crippen LogP contribution in [0.3, 0.4) is 0 Å². The van der Waals surface area contributed by atoms with Crippen LogP contribution in [0.25, 0.3) is 10.9 Å². The van der Waals surface area contributed by atoms with Gasteiger partial charge in [-0.05, 0) is 54.6 Å². The number of carboxylic acids is 1. The Morgan fingerprint density at radius 3 is 2.71 bits per heavy atom. The zero-order chi connectivity index (χ0) is 15.8. The van der Waals surface area contributed by atoms with Gasteiger partial charge in [-0.3, -0.25) is 4.79 Å². The maximum atomic E-state index is 11.2. The summed E-state index contributed by atoms with van der Waals surface area (Å²) in [6.07, 6.45) is 0. The molecule has 0 unspecified atom stereocenters. The van der Waals surface area contributed by atoms with Crippen LogP contribution in [0.1, 0.15) is 13.8 Å². The van der Waals surface area contributed by atoms with E-state index in [1.54, 1.807) is 32.0 Å². The summed E-state index contributed by atoms with van der Waals surface area (Å²) in [5, 5.41) is 10.7. The molecule has 0 aliphatic rings. The van der Waals surface area contributed by atoms with E-state index in [1.165, 1.54) is 0 Å². The Balaban J connectivity index is 2.48. The number of carboxylic acid groups (broad SMARTS) is 1. The van der Waals surface area contributed by atoms with Gasteiger partial charge in [0.1, 0.15) is 17.3 Å². The Kier molecular flexibility index (Phi) is 4.85.